The summed E-state index contributed by atoms with van der Waals surface area (Å²) in [7, 11) is 0. The monoisotopic (exact) mass is 392 g/mol. The van der Waals surface area contributed by atoms with Crippen LogP contribution in [0.15, 0.2) is 24.3 Å². The molecule has 0 amide bonds. The maximum Gasteiger partial charge on any atom is 0.302 e. The molecule has 1 rings (SSSR count). The molecule has 0 aromatic rings. The lowest BCUT2D eigenvalue weighted by atomic mass is 9.89. The molecule has 0 saturated heterocycles. The van der Waals surface area contributed by atoms with Crippen molar-refractivity contribution < 1.29 is 14.6 Å². The van der Waals surface area contributed by atoms with Gasteiger partial charge in [0.2, 0.25) is 0 Å². The molecule has 0 fully saturated rings. The van der Waals surface area contributed by atoms with E-state index in [0.717, 1.165) is 31.6 Å². The first-order valence-electron chi connectivity index (χ1n) is 11.7. The molecule has 3 nitrogen and oxygen atoms in total. The van der Waals surface area contributed by atoms with E-state index in [1.807, 2.05) is 0 Å². The molecule has 1 aliphatic carbocycles. The van der Waals surface area contributed by atoms with Crippen molar-refractivity contribution in [3.05, 3.63) is 24.3 Å². The summed E-state index contributed by atoms with van der Waals surface area (Å²) in [4.78, 5) is 10.7. The summed E-state index contributed by atoms with van der Waals surface area (Å²) in [5, 5.41) is 10.3. The highest BCUT2D eigenvalue weighted by molar-refractivity contribution is 5.65. The fraction of sp³-hybridized carbons (Fsp3) is 0.800. The van der Waals surface area contributed by atoms with Crippen molar-refractivity contribution in [2.75, 3.05) is 6.61 Å². The second kappa shape index (κ2) is 15.8. The Morgan fingerprint density at radius 1 is 1.18 bits per heavy atom. The second-order valence-electron chi connectivity index (χ2n) is 8.60. The minimum Gasteiger partial charge on any atom is -0.466 e. The predicted octanol–water partition coefficient (Wildman–Crippen LogP) is 6.61. The Bertz CT molecular complexity index is 455. The third-order valence-corrected chi connectivity index (χ3v) is 6.02. The Kier molecular flexibility index (Phi) is 14.1. The molecule has 2 unspecified atom stereocenters. The molecule has 0 aromatic heterocycles. The molecule has 0 bridgehead atoms. The Hall–Kier alpha value is -1.09. The highest BCUT2D eigenvalue weighted by Gasteiger charge is 2.20. The van der Waals surface area contributed by atoms with Gasteiger partial charge in [-0.1, -0.05) is 83.1 Å². The van der Waals surface area contributed by atoms with Crippen molar-refractivity contribution in [2.24, 2.45) is 17.8 Å². The van der Waals surface area contributed by atoms with Gasteiger partial charge in [0.15, 0.2) is 0 Å². The van der Waals surface area contributed by atoms with Gasteiger partial charge in [0.05, 0.1) is 12.7 Å². The molecule has 0 radical (unpaired) electrons. The van der Waals surface area contributed by atoms with Gasteiger partial charge in [-0.15, -0.1) is 0 Å². The number of hydrogen-bond acceptors (Lipinski definition) is 3. The van der Waals surface area contributed by atoms with Gasteiger partial charge in [-0.2, -0.15) is 0 Å². The lowest BCUT2D eigenvalue weighted by Crippen LogP contribution is -2.16. The van der Waals surface area contributed by atoms with Gasteiger partial charge >= 0.3 is 5.97 Å². The number of esters is 1. The molecule has 162 valence electrons. The van der Waals surface area contributed by atoms with Gasteiger partial charge in [0.25, 0.3) is 0 Å². The summed E-state index contributed by atoms with van der Waals surface area (Å²) < 4.78 is 4.96. The Morgan fingerprint density at radius 3 is 2.61 bits per heavy atom. The fourth-order valence-electron chi connectivity index (χ4n) is 4.01. The van der Waals surface area contributed by atoms with Crippen molar-refractivity contribution in [1.29, 1.82) is 0 Å². The first-order chi connectivity index (χ1) is 13.5. The average molecular weight is 393 g/mol. The minimum absolute atomic E-state index is 0.172. The van der Waals surface area contributed by atoms with Crippen LogP contribution >= 0.6 is 0 Å². The van der Waals surface area contributed by atoms with E-state index in [4.69, 9.17) is 4.74 Å². The van der Waals surface area contributed by atoms with Crippen LogP contribution in [0.5, 0.6) is 0 Å². The van der Waals surface area contributed by atoms with Gasteiger partial charge in [0, 0.05) is 6.92 Å². The average Bonchev–Trinajstić information content (AvgIpc) is 3.11. The van der Waals surface area contributed by atoms with Crippen LogP contribution in [-0.4, -0.2) is 23.8 Å². The van der Waals surface area contributed by atoms with Crippen molar-refractivity contribution in [3.63, 3.8) is 0 Å². The first-order valence-corrected chi connectivity index (χ1v) is 11.7. The smallest absolute Gasteiger partial charge is 0.302 e. The van der Waals surface area contributed by atoms with Gasteiger partial charge in [-0.3, -0.25) is 4.79 Å². The number of allylic oxidation sites excluding steroid dienone is 3. The topological polar surface area (TPSA) is 46.5 Å². The standard InChI is InChI=1S/C25H44O3/c1-4-5-14-21(2)25(27)19-13-18-24-17-12-16-23(24)15-10-8-6-7-9-11-20-28-22(3)26/h12-13,17-18,21,23-25,27H,4-11,14-16,19-20H2,1-3H3/b18-13+/t21?,23-,24+,25?/m0/s1. The Morgan fingerprint density at radius 2 is 1.89 bits per heavy atom. The van der Waals surface area contributed by atoms with E-state index >= 15 is 0 Å². The number of ether oxygens (including phenoxy) is 1. The third kappa shape index (κ3) is 11.7. The molecule has 0 saturated carbocycles. The molecule has 28 heavy (non-hydrogen) atoms. The van der Waals surface area contributed by atoms with Crippen molar-refractivity contribution in [1.82, 2.24) is 0 Å². The number of aliphatic hydroxyl groups is 1. The van der Waals surface area contributed by atoms with E-state index in [1.54, 1.807) is 0 Å². The number of unbranched alkanes of at least 4 members (excludes halogenated alkanes) is 6. The van der Waals surface area contributed by atoms with Crippen LogP contribution in [0.25, 0.3) is 0 Å². The van der Waals surface area contributed by atoms with E-state index in [2.05, 4.69) is 38.2 Å². The Balaban J connectivity index is 2.11. The van der Waals surface area contributed by atoms with Crippen molar-refractivity contribution in [3.8, 4) is 0 Å². The second-order valence-corrected chi connectivity index (χ2v) is 8.60. The maximum absolute atomic E-state index is 10.7. The summed E-state index contributed by atoms with van der Waals surface area (Å²) >= 11 is 0. The molecule has 0 heterocycles. The molecule has 0 aliphatic heterocycles. The lowest BCUT2D eigenvalue weighted by Gasteiger charge is -2.18. The SMILES string of the molecule is CCCCC(C)C(O)C/C=C/[C@H]1C=CC[C@@H]1CCCCCCCCOC(C)=O. The van der Waals surface area contributed by atoms with Crippen LogP contribution in [-0.2, 0) is 9.53 Å². The summed E-state index contributed by atoms with van der Waals surface area (Å²) in [5.74, 6) is 1.53. The fourth-order valence-corrected chi connectivity index (χ4v) is 4.01. The number of carbonyl (C=O) groups excluding carboxylic acids is 1. The van der Waals surface area contributed by atoms with E-state index in [0.29, 0.717) is 18.4 Å². The highest BCUT2D eigenvalue weighted by Crippen LogP contribution is 2.31. The third-order valence-electron chi connectivity index (χ3n) is 6.02. The van der Waals surface area contributed by atoms with Crippen molar-refractivity contribution in [2.45, 2.75) is 104 Å². The van der Waals surface area contributed by atoms with E-state index in [-0.39, 0.29) is 12.1 Å². The molecule has 1 aliphatic rings. The molecule has 0 aromatic carbocycles. The summed E-state index contributed by atoms with van der Waals surface area (Å²) in [6, 6.07) is 0. The van der Waals surface area contributed by atoms with Crippen LogP contribution in [0, 0.1) is 17.8 Å². The normalized spacial score (nSPS) is 21.3. The van der Waals surface area contributed by atoms with Crippen molar-refractivity contribution >= 4 is 5.97 Å². The zero-order chi connectivity index (χ0) is 20.6. The van der Waals surface area contributed by atoms with Gasteiger partial charge < -0.3 is 9.84 Å². The molecule has 0 spiro atoms. The summed E-state index contributed by atoms with van der Waals surface area (Å²) in [6.07, 6.45) is 23.1. The van der Waals surface area contributed by atoms with E-state index in [9.17, 15) is 9.90 Å². The highest BCUT2D eigenvalue weighted by atomic mass is 16.5. The lowest BCUT2D eigenvalue weighted by molar-refractivity contribution is -0.141. The summed E-state index contributed by atoms with van der Waals surface area (Å²) in [5.41, 5.74) is 0. The van der Waals surface area contributed by atoms with Gasteiger partial charge in [-0.25, -0.2) is 0 Å². The van der Waals surface area contributed by atoms with Crippen LogP contribution in [0.3, 0.4) is 0 Å². The number of rotatable bonds is 16. The van der Waals surface area contributed by atoms with Crippen LogP contribution in [0.2, 0.25) is 0 Å². The van der Waals surface area contributed by atoms with E-state index in [1.165, 1.54) is 58.3 Å². The van der Waals surface area contributed by atoms with E-state index < -0.39 is 0 Å². The maximum atomic E-state index is 10.7. The largest absolute Gasteiger partial charge is 0.466 e. The minimum atomic E-state index is -0.201. The Labute approximate surface area is 173 Å². The predicted molar refractivity (Wildman–Crippen MR) is 118 cm³/mol. The van der Waals surface area contributed by atoms with Crippen LogP contribution in [0.1, 0.15) is 97.8 Å². The molecular formula is C25H44O3. The molecule has 3 heteroatoms. The van der Waals surface area contributed by atoms with Crippen LogP contribution in [0.4, 0.5) is 0 Å². The van der Waals surface area contributed by atoms with Gasteiger partial charge in [-0.05, 0) is 49.9 Å². The number of carbonyl (C=O) groups is 1. The first kappa shape index (κ1) is 24.9. The quantitative estimate of drug-likeness (QED) is 0.183. The summed E-state index contributed by atoms with van der Waals surface area (Å²) in [6.45, 7) is 6.42. The number of aliphatic hydroxyl groups excluding tert-OH is 1. The van der Waals surface area contributed by atoms with Crippen LogP contribution < -0.4 is 0 Å². The molecular weight excluding hydrogens is 348 g/mol. The molecule has 4 atom stereocenters. The zero-order valence-electron chi connectivity index (χ0n) is 18.6. The molecule has 1 N–H and O–H groups in total. The van der Waals surface area contributed by atoms with Gasteiger partial charge in [0.1, 0.15) is 0 Å². The number of hydrogen-bond donors (Lipinski definition) is 1. The zero-order valence-corrected chi connectivity index (χ0v) is 18.6.